The molecule has 27 heavy (non-hydrogen) atoms. The number of benzene rings is 2. The van der Waals surface area contributed by atoms with E-state index in [0.29, 0.717) is 6.61 Å². The summed E-state index contributed by atoms with van der Waals surface area (Å²) in [6.07, 6.45) is 4.05. The Balaban J connectivity index is 1.54. The Labute approximate surface area is 159 Å². The lowest BCUT2D eigenvalue weighted by atomic mass is 10.0. The molecule has 1 saturated carbocycles. The number of ether oxygens (including phenoxy) is 1. The number of hydrogen-bond acceptors (Lipinski definition) is 3. The molecule has 1 fully saturated rings. The van der Waals surface area contributed by atoms with E-state index in [2.05, 4.69) is 5.32 Å². The number of rotatable bonds is 8. The number of hydrogen-bond donors (Lipinski definition) is 2. The minimum absolute atomic E-state index is 0.0411. The summed E-state index contributed by atoms with van der Waals surface area (Å²) in [6, 6.07) is 16.3. The first-order chi connectivity index (χ1) is 13.1. The van der Waals surface area contributed by atoms with Gasteiger partial charge in [0.15, 0.2) is 0 Å². The first kappa shape index (κ1) is 19.0. The standard InChI is InChI=1S/C22H25NO4/c24-21(18-8-4-5-9-18)23-20(22(25)26)14-16-10-12-19(13-11-16)27-15-17-6-2-1-3-7-17/h1-3,6-7,10-13,18,20H,4-5,8-9,14-15H2,(H,23,24)(H,25,26)/t20-/m0/s1. The van der Waals surface area contributed by atoms with Gasteiger partial charge in [0.2, 0.25) is 5.91 Å². The molecular formula is C22H25NO4. The predicted molar refractivity (Wildman–Crippen MR) is 102 cm³/mol. The van der Waals surface area contributed by atoms with E-state index in [9.17, 15) is 14.7 Å². The minimum Gasteiger partial charge on any atom is -0.489 e. The van der Waals surface area contributed by atoms with E-state index >= 15 is 0 Å². The van der Waals surface area contributed by atoms with Crippen LogP contribution in [0.3, 0.4) is 0 Å². The molecule has 5 heteroatoms. The van der Waals surface area contributed by atoms with Crippen LogP contribution in [0.1, 0.15) is 36.8 Å². The lowest BCUT2D eigenvalue weighted by Gasteiger charge is -2.17. The Hall–Kier alpha value is -2.82. The monoisotopic (exact) mass is 367 g/mol. The fraction of sp³-hybridized carbons (Fsp3) is 0.364. The van der Waals surface area contributed by atoms with E-state index in [-0.39, 0.29) is 18.2 Å². The summed E-state index contributed by atoms with van der Waals surface area (Å²) in [5, 5.41) is 12.2. The summed E-state index contributed by atoms with van der Waals surface area (Å²) < 4.78 is 5.75. The third-order valence-electron chi connectivity index (χ3n) is 4.95. The van der Waals surface area contributed by atoms with Gasteiger partial charge in [0.25, 0.3) is 0 Å². The van der Waals surface area contributed by atoms with E-state index < -0.39 is 12.0 Å². The molecule has 3 rings (SSSR count). The molecule has 0 spiro atoms. The van der Waals surface area contributed by atoms with Crippen LogP contribution in [-0.2, 0) is 22.6 Å². The fourth-order valence-electron chi connectivity index (χ4n) is 3.38. The van der Waals surface area contributed by atoms with Gasteiger partial charge in [-0.05, 0) is 36.1 Å². The van der Waals surface area contributed by atoms with Crippen molar-refractivity contribution in [2.24, 2.45) is 5.92 Å². The molecule has 1 amide bonds. The Bertz CT molecular complexity index is 752. The van der Waals surface area contributed by atoms with Crippen LogP contribution in [0.5, 0.6) is 5.75 Å². The second-order valence-corrected chi connectivity index (χ2v) is 7.00. The van der Waals surface area contributed by atoms with Crippen molar-refractivity contribution >= 4 is 11.9 Å². The van der Waals surface area contributed by atoms with Crippen molar-refractivity contribution in [3.05, 3.63) is 65.7 Å². The van der Waals surface area contributed by atoms with Crippen molar-refractivity contribution in [1.29, 1.82) is 0 Å². The van der Waals surface area contributed by atoms with E-state index in [0.717, 1.165) is 42.6 Å². The van der Waals surface area contributed by atoms with Crippen LogP contribution >= 0.6 is 0 Å². The van der Waals surface area contributed by atoms with Gasteiger partial charge in [0, 0.05) is 12.3 Å². The van der Waals surface area contributed by atoms with Crippen LogP contribution in [-0.4, -0.2) is 23.0 Å². The molecule has 0 radical (unpaired) electrons. The molecule has 1 aliphatic carbocycles. The highest BCUT2D eigenvalue weighted by Crippen LogP contribution is 2.25. The Kier molecular flexibility index (Phi) is 6.47. The van der Waals surface area contributed by atoms with Gasteiger partial charge in [0.1, 0.15) is 18.4 Å². The SMILES string of the molecule is O=C(N[C@@H](Cc1ccc(OCc2ccccc2)cc1)C(=O)O)C1CCCC1. The molecule has 1 atom stereocenters. The van der Waals surface area contributed by atoms with Crippen molar-refractivity contribution in [3.8, 4) is 5.75 Å². The van der Waals surface area contributed by atoms with Crippen molar-refractivity contribution in [2.75, 3.05) is 0 Å². The highest BCUT2D eigenvalue weighted by molar-refractivity contribution is 5.85. The van der Waals surface area contributed by atoms with Gasteiger partial charge in [-0.25, -0.2) is 4.79 Å². The molecule has 0 heterocycles. The second-order valence-electron chi connectivity index (χ2n) is 7.00. The zero-order valence-corrected chi connectivity index (χ0v) is 15.3. The molecule has 5 nitrogen and oxygen atoms in total. The van der Waals surface area contributed by atoms with E-state index in [1.54, 1.807) is 0 Å². The number of nitrogens with one attached hydrogen (secondary N) is 1. The number of amides is 1. The van der Waals surface area contributed by atoms with Crippen LogP contribution in [0.4, 0.5) is 0 Å². The van der Waals surface area contributed by atoms with Gasteiger partial charge >= 0.3 is 5.97 Å². The first-order valence-electron chi connectivity index (χ1n) is 9.40. The fourth-order valence-corrected chi connectivity index (χ4v) is 3.38. The normalized spacial score (nSPS) is 15.3. The molecule has 2 aromatic carbocycles. The van der Waals surface area contributed by atoms with Gasteiger partial charge in [-0.2, -0.15) is 0 Å². The number of aliphatic carboxylic acids is 1. The molecule has 0 saturated heterocycles. The molecule has 142 valence electrons. The summed E-state index contributed by atoms with van der Waals surface area (Å²) in [4.78, 5) is 23.8. The Morgan fingerprint density at radius 3 is 2.30 bits per heavy atom. The van der Waals surface area contributed by atoms with Crippen LogP contribution in [0.15, 0.2) is 54.6 Å². The molecule has 2 N–H and O–H groups in total. The van der Waals surface area contributed by atoms with E-state index in [4.69, 9.17) is 4.74 Å². The largest absolute Gasteiger partial charge is 0.489 e. The van der Waals surface area contributed by atoms with E-state index in [1.165, 1.54) is 0 Å². The minimum atomic E-state index is -1.01. The number of carbonyl (C=O) groups is 2. The average Bonchev–Trinajstić information content (AvgIpc) is 3.22. The first-order valence-corrected chi connectivity index (χ1v) is 9.40. The van der Waals surface area contributed by atoms with Crippen molar-refractivity contribution in [1.82, 2.24) is 5.32 Å². The maximum atomic E-state index is 12.2. The molecule has 0 aliphatic heterocycles. The van der Waals surface area contributed by atoms with Gasteiger partial charge in [-0.15, -0.1) is 0 Å². The Morgan fingerprint density at radius 2 is 1.67 bits per heavy atom. The topological polar surface area (TPSA) is 75.6 Å². The number of carboxylic acid groups (broad SMARTS) is 1. The summed E-state index contributed by atoms with van der Waals surface area (Å²) in [5.41, 5.74) is 1.93. The molecule has 0 aromatic heterocycles. The maximum Gasteiger partial charge on any atom is 0.326 e. The van der Waals surface area contributed by atoms with Gasteiger partial charge in [0.05, 0.1) is 0 Å². The summed E-state index contributed by atoms with van der Waals surface area (Å²) in [5.74, 6) is -0.460. The molecule has 1 aliphatic rings. The summed E-state index contributed by atoms with van der Waals surface area (Å²) in [6.45, 7) is 0.482. The second kappa shape index (κ2) is 9.21. The third kappa shape index (κ3) is 5.58. The van der Waals surface area contributed by atoms with Crippen LogP contribution < -0.4 is 10.1 Å². The quantitative estimate of drug-likeness (QED) is 0.748. The lowest BCUT2D eigenvalue weighted by Crippen LogP contribution is -2.44. The summed E-state index contributed by atoms with van der Waals surface area (Å²) in [7, 11) is 0. The smallest absolute Gasteiger partial charge is 0.326 e. The van der Waals surface area contributed by atoms with E-state index in [1.807, 2.05) is 54.6 Å². The number of carbonyl (C=O) groups excluding carboxylic acids is 1. The zero-order valence-electron chi connectivity index (χ0n) is 15.3. The van der Waals surface area contributed by atoms with Crippen LogP contribution in [0, 0.1) is 5.92 Å². The Morgan fingerprint density at radius 1 is 1.00 bits per heavy atom. The van der Waals surface area contributed by atoms with Crippen molar-refractivity contribution < 1.29 is 19.4 Å². The van der Waals surface area contributed by atoms with Crippen LogP contribution in [0.2, 0.25) is 0 Å². The third-order valence-corrected chi connectivity index (χ3v) is 4.95. The molecule has 0 bridgehead atoms. The average molecular weight is 367 g/mol. The highest BCUT2D eigenvalue weighted by atomic mass is 16.5. The van der Waals surface area contributed by atoms with Crippen molar-refractivity contribution in [2.45, 2.75) is 44.8 Å². The van der Waals surface area contributed by atoms with Crippen LogP contribution in [0.25, 0.3) is 0 Å². The van der Waals surface area contributed by atoms with Gasteiger partial charge in [-0.1, -0.05) is 55.3 Å². The molecular weight excluding hydrogens is 342 g/mol. The summed E-state index contributed by atoms with van der Waals surface area (Å²) >= 11 is 0. The number of carboxylic acids is 1. The van der Waals surface area contributed by atoms with Gasteiger partial charge in [-0.3, -0.25) is 4.79 Å². The van der Waals surface area contributed by atoms with Gasteiger partial charge < -0.3 is 15.2 Å². The van der Waals surface area contributed by atoms with Crippen molar-refractivity contribution in [3.63, 3.8) is 0 Å². The lowest BCUT2D eigenvalue weighted by molar-refractivity contribution is -0.142. The highest BCUT2D eigenvalue weighted by Gasteiger charge is 2.27. The molecule has 2 aromatic rings. The predicted octanol–water partition coefficient (Wildman–Crippen LogP) is 3.57. The molecule has 0 unspecified atom stereocenters. The maximum absolute atomic E-state index is 12.2. The zero-order chi connectivity index (χ0) is 19.1.